The predicted molar refractivity (Wildman–Crippen MR) is 75.7 cm³/mol. The first-order valence-electron chi connectivity index (χ1n) is 6.85. The maximum atomic E-state index is 12.7. The molecule has 0 saturated heterocycles. The fraction of sp³-hybridized carbons (Fsp3) is 0.692. The van der Waals surface area contributed by atoms with Crippen LogP contribution in [-0.4, -0.2) is 31.4 Å². The van der Waals surface area contributed by atoms with Gasteiger partial charge in [-0.2, -0.15) is 18.3 Å². The van der Waals surface area contributed by atoms with E-state index in [2.05, 4.69) is 10.1 Å². The van der Waals surface area contributed by atoms with Crippen LogP contribution in [0.3, 0.4) is 0 Å². The molecule has 0 aliphatic carbocycles. The van der Waals surface area contributed by atoms with E-state index < -0.39 is 18.6 Å². The van der Waals surface area contributed by atoms with Gasteiger partial charge in [0.15, 0.2) is 5.65 Å². The van der Waals surface area contributed by atoms with Crippen LogP contribution < -0.4 is 0 Å². The summed E-state index contributed by atoms with van der Waals surface area (Å²) in [5.74, 6) is 0.899. The Bertz CT molecular complexity index is 629. The maximum Gasteiger partial charge on any atom is 0.391 e. The van der Waals surface area contributed by atoms with Crippen LogP contribution in [-0.2, 0) is 13.0 Å². The number of hydrogen-bond donors (Lipinski definition) is 0. The van der Waals surface area contributed by atoms with Crippen LogP contribution in [0.1, 0.15) is 37.8 Å². The minimum Gasteiger partial charge on any atom is -0.310 e. The number of imidazole rings is 1. The zero-order chi connectivity index (χ0) is 15.8. The first-order valence-corrected chi connectivity index (χ1v) is 7.38. The molecule has 0 radical (unpaired) electrons. The molecule has 1 unspecified atom stereocenters. The lowest BCUT2D eigenvalue weighted by molar-refractivity contribution is -0.141. The van der Waals surface area contributed by atoms with E-state index in [9.17, 15) is 13.2 Å². The highest BCUT2D eigenvalue weighted by molar-refractivity contribution is 6.17. The van der Waals surface area contributed by atoms with Gasteiger partial charge >= 0.3 is 6.18 Å². The van der Waals surface area contributed by atoms with Crippen molar-refractivity contribution in [2.24, 2.45) is 0 Å². The summed E-state index contributed by atoms with van der Waals surface area (Å²) in [5, 5.41) is 4.33. The molecule has 0 spiro atoms. The zero-order valence-corrected chi connectivity index (χ0v) is 13.0. The predicted octanol–water partition coefficient (Wildman–Crippen LogP) is 3.86. The van der Waals surface area contributed by atoms with Crippen LogP contribution >= 0.6 is 11.6 Å². The molecule has 2 aromatic rings. The Balaban J connectivity index is 2.59. The van der Waals surface area contributed by atoms with Crippen molar-refractivity contribution in [2.75, 3.05) is 5.88 Å². The van der Waals surface area contributed by atoms with Gasteiger partial charge in [-0.15, -0.1) is 11.6 Å². The summed E-state index contributed by atoms with van der Waals surface area (Å²) in [4.78, 5) is 4.45. The van der Waals surface area contributed by atoms with Gasteiger partial charge in [-0.1, -0.05) is 0 Å². The molecule has 0 aromatic carbocycles. The molecular formula is C13H18ClF3N4. The minimum absolute atomic E-state index is 0.316. The number of rotatable bonds is 5. The smallest absolute Gasteiger partial charge is 0.310 e. The zero-order valence-electron chi connectivity index (χ0n) is 12.2. The molecule has 2 heterocycles. The Morgan fingerprint density at radius 1 is 1.33 bits per heavy atom. The summed E-state index contributed by atoms with van der Waals surface area (Å²) < 4.78 is 41.5. The van der Waals surface area contributed by atoms with E-state index in [1.54, 1.807) is 16.2 Å². The molecule has 0 aliphatic heterocycles. The second kappa shape index (κ2) is 5.87. The number of hydrogen-bond acceptors (Lipinski definition) is 2. The first-order chi connectivity index (χ1) is 9.78. The molecule has 4 nitrogen and oxygen atoms in total. The van der Waals surface area contributed by atoms with Crippen molar-refractivity contribution in [1.29, 1.82) is 0 Å². The van der Waals surface area contributed by atoms with E-state index in [1.165, 1.54) is 0 Å². The van der Waals surface area contributed by atoms with Gasteiger partial charge in [0.2, 0.25) is 0 Å². The second-order valence-electron chi connectivity index (χ2n) is 5.08. The average molecular weight is 323 g/mol. The van der Waals surface area contributed by atoms with Gasteiger partial charge in [0.05, 0.1) is 12.1 Å². The van der Waals surface area contributed by atoms with Crippen LogP contribution in [0.25, 0.3) is 11.2 Å². The summed E-state index contributed by atoms with van der Waals surface area (Å²) >= 11 is 5.76. The van der Waals surface area contributed by atoms with Gasteiger partial charge < -0.3 is 4.57 Å². The van der Waals surface area contributed by atoms with Gasteiger partial charge in [0.25, 0.3) is 0 Å². The first kappa shape index (κ1) is 16.1. The number of fused-ring (bicyclic) bond motifs is 1. The number of halogens is 4. The molecule has 8 heteroatoms. The van der Waals surface area contributed by atoms with Crippen LogP contribution in [0, 0.1) is 6.92 Å². The quantitative estimate of drug-likeness (QED) is 0.784. The molecule has 1 atom stereocenters. The molecule has 2 aromatic heterocycles. The molecule has 0 bridgehead atoms. The third-order valence-electron chi connectivity index (χ3n) is 3.40. The maximum absolute atomic E-state index is 12.7. The third-order valence-corrected chi connectivity index (χ3v) is 3.59. The molecule has 0 N–H and O–H groups in total. The Morgan fingerprint density at radius 2 is 2.00 bits per heavy atom. The Hall–Kier alpha value is -1.24. The summed E-state index contributed by atoms with van der Waals surface area (Å²) in [6.07, 6.45) is -4.69. The Morgan fingerprint density at radius 3 is 2.52 bits per heavy atom. The van der Waals surface area contributed by atoms with Crippen molar-refractivity contribution in [3.8, 4) is 0 Å². The third kappa shape index (κ3) is 3.17. The SMILES string of the molecule is CCn1nc(C)c2nc(CCCl)n(C(C)CC(F)(F)F)c21. The summed E-state index contributed by atoms with van der Waals surface area (Å²) in [5.41, 5.74) is 2.03. The fourth-order valence-corrected chi connectivity index (χ4v) is 2.77. The largest absolute Gasteiger partial charge is 0.391 e. The van der Waals surface area contributed by atoms with Gasteiger partial charge in [0.1, 0.15) is 11.3 Å². The van der Waals surface area contributed by atoms with Crippen LogP contribution in [0.2, 0.25) is 0 Å². The highest BCUT2D eigenvalue weighted by Gasteiger charge is 2.33. The molecule has 0 amide bonds. The van der Waals surface area contributed by atoms with Crippen molar-refractivity contribution in [2.45, 2.75) is 52.4 Å². The van der Waals surface area contributed by atoms with Crippen molar-refractivity contribution < 1.29 is 13.2 Å². The van der Waals surface area contributed by atoms with Gasteiger partial charge in [-0.05, 0) is 20.8 Å². The Labute approximate surface area is 125 Å². The van der Waals surface area contributed by atoms with Gasteiger partial charge in [-0.3, -0.25) is 0 Å². The van der Waals surface area contributed by atoms with E-state index in [0.717, 1.165) is 5.69 Å². The molecule has 2 rings (SSSR count). The highest BCUT2D eigenvalue weighted by Crippen LogP contribution is 2.32. The normalized spacial score (nSPS) is 14.0. The standard InChI is InChI=1S/C13H18ClF3N4/c1-4-20-12-11(9(3)19-20)18-10(5-6-14)21(12)8(2)7-13(15,16)17/h8H,4-7H2,1-3H3. The summed E-state index contributed by atoms with van der Waals surface area (Å²) in [6, 6.07) is -0.741. The molecule has 0 aliphatic rings. The molecule has 21 heavy (non-hydrogen) atoms. The second-order valence-corrected chi connectivity index (χ2v) is 5.46. The van der Waals surface area contributed by atoms with E-state index in [0.29, 0.717) is 35.8 Å². The Kier molecular flexibility index (Phi) is 4.51. The highest BCUT2D eigenvalue weighted by atomic mass is 35.5. The van der Waals surface area contributed by atoms with Crippen molar-refractivity contribution in [3.05, 3.63) is 11.5 Å². The number of alkyl halides is 4. The summed E-state index contributed by atoms with van der Waals surface area (Å²) in [6.45, 7) is 5.84. The molecule has 118 valence electrons. The number of aromatic nitrogens is 4. The minimum atomic E-state index is -4.22. The van der Waals surface area contributed by atoms with E-state index in [4.69, 9.17) is 11.6 Å². The van der Waals surface area contributed by atoms with E-state index in [-0.39, 0.29) is 0 Å². The van der Waals surface area contributed by atoms with Crippen LogP contribution in [0.4, 0.5) is 13.2 Å². The monoisotopic (exact) mass is 322 g/mol. The number of aryl methyl sites for hydroxylation is 3. The number of nitrogens with zero attached hydrogens (tertiary/aromatic N) is 4. The lowest BCUT2D eigenvalue weighted by atomic mass is 10.2. The molecular weight excluding hydrogens is 305 g/mol. The van der Waals surface area contributed by atoms with E-state index in [1.807, 2.05) is 13.8 Å². The van der Waals surface area contributed by atoms with Gasteiger partial charge in [0, 0.05) is 24.9 Å². The lowest BCUT2D eigenvalue weighted by Gasteiger charge is -2.19. The van der Waals surface area contributed by atoms with Crippen molar-refractivity contribution in [3.63, 3.8) is 0 Å². The van der Waals surface area contributed by atoms with Crippen molar-refractivity contribution in [1.82, 2.24) is 19.3 Å². The topological polar surface area (TPSA) is 35.6 Å². The average Bonchev–Trinajstić information content (AvgIpc) is 2.86. The summed E-state index contributed by atoms with van der Waals surface area (Å²) in [7, 11) is 0. The fourth-order valence-electron chi connectivity index (χ4n) is 2.61. The lowest BCUT2D eigenvalue weighted by Crippen LogP contribution is -2.20. The van der Waals surface area contributed by atoms with Crippen LogP contribution in [0.5, 0.6) is 0 Å². The van der Waals surface area contributed by atoms with Crippen molar-refractivity contribution >= 4 is 22.8 Å². The molecule has 0 saturated carbocycles. The van der Waals surface area contributed by atoms with Crippen LogP contribution in [0.15, 0.2) is 0 Å². The van der Waals surface area contributed by atoms with E-state index >= 15 is 0 Å². The molecule has 0 fully saturated rings. The van der Waals surface area contributed by atoms with Gasteiger partial charge in [-0.25, -0.2) is 9.67 Å².